The standard InChI is InChI=1S/C17H14FN3O/c1-11-7-8-13(18)15(9-11)20-17-19-14(10-16(22)21-17)12-5-3-2-4-6-12/h2-10H,1H3,(H2,19,20,21,22). The molecule has 110 valence electrons. The van der Waals surface area contributed by atoms with E-state index in [1.165, 1.54) is 12.1 Å². The maximum Gasteiger partial charge on any atom is 0.252 e. The largest absolute Gasteiger partial charge is 0.323 e. The van der Waals surface area contributed by atoms with Crippen LogP contribution in [0.3, 0.4) is 0 Å². The summed E-state index contributed by atoms with van der Waals surface area (Å²) in [5.74, 6) is -0.200. The second-order valence-electron chi connectivity index (χ2n) is 4.95. The summed E-state index contributed by atoms with van der Waals surface area (Å²) in [4.78, 5) is 18.7. The number of rotatable bonds is 3. The second-order valence-corrected chi connectivity index (χ2v) is 4.95. The minimum atomic E-state index is -0.404. The summed E-state index contributed by atoms with van der Waals surface area (Å²) < 4.78 is 13.8. The van der Waals surface area contributed by atoms with Gasteiger partial charge in [0.2, 0.25) is 5.95 Å². The predicted octanol–water partition coefficient (Wildman–Crippen LogP) is 3.63. The van der Waals surface area contributed by atoms with Gasteiger partial charge in [0.25, 0.3) is 5.56 Å². The quantitative estimate of drug-likeness (QED) is 0.775. The Labute approximate surface area is 126 Å². The number of anilines is 2. The van der Waals surface area contributed by atoms with E-state index in [0.29, 0.717) is 5.69 Å². The van der Waals surface area contributed by atoms with Gasteiger partial charge in [-0.05, 0) is 24.6 Å². The molecule has 0 aliphatic heterocycles. The van der Waals surface area contributed by atoms with Gasteiger partial charge >= 0.3 is 0 Å². The maximum atomic E-state index is 13.8. The fourth-order valence-corrected chi connectivity index (χ4v) is 2.14. The number of nitrogens with one attached hydrogen (secondary N) is 2. The number of aromatic amines is 1. The smallest absolute Gasteiger partial charge is 0.252 e. The number of nitrogens with zero attached hydrogens (tertiary/aromatic N) is 1. The van der Waals surface area contributed by atoms with Crippen molar-refractivity contribution in [3.05, 3.63) is 76.3 Å². The van der Waals surface area contributed by atoms with E-state index in [-0.39, 0.29) is 17.2 Å². The third kappa shape index (κ3) is 3.03. The Bertz CT molecular complexity index is 859. The lowest BCUT2D eigenvalue weighted by Crippen LogP contribution is -2.11. The molecule has 0 saturated heterocycles. The van der Waals surface area contributed by atoms with Gasteiger partial charge in [-0.1, -0.05) is 36.4 Å². The zero-order valence-electron chi connectivity index (χ0n) is 11.9. The van der Waals surface area contributed by atoms with Gasteiger partial charge in [-0.25, -0.2) is 9.37 Å². The lowest BCUT2D eigenvalue weighted by molar-refractivity contribution is 0.631. The molecule has 0 fully saturated rings. The summed E-state index contributed by atoms with van der Waals surface area (Å²) in [7, 11) is 0. The van der Waals surface area contributed by atoms with Gasteiger partial charge in [0.1, 0.15) is 5.82 Å². The van der Waals surface area contributed by atoms with E-state index in [2.05, 4.69) is 15.3 Å². The first-order valence-corrected chi connectivity index (χ1v) is 6.82. The number of hydrogen-bond donors (Lipinski definition) is 2. The molecule has 0 aliphatic rings. The van der Waals surface area contributed by atoms with Crippen LogP contribution in [0.5, 0.6) is 0 Å². The number of benzene rings is 2. The molecule has 0 aliphatic carbocycles. The molecule has 5 heteroatoms. The van der Waals surface area contributed by atoms with E-state index in [1.807, 2.05) is 37.3 Å². The third-order valence-corrected chi connectivity index (χ3v) is 3.19. The zero-order valence-corrected chi connectivity index (χ0v) is 11.9. The van der Waals surface area contributed by atoms with Crippen molar-refractivity contribution in [3.63, 3.8) is 0 Å². The summed E-state index contributed by atoms with van der Waals surface area (Å²) in [6, 6.07) is 15.5. The van der Waals surface area contributed by atoms with Crippen molar-refractivity contribution in [2.75, 3.05) is 5.32 Å². The molecule has 0 radical (unpaired) electrons. The van der Waals surface area contributed by atoms with Gasteiger partial charge in [-0.2, -0.15) is 0 Å². The lowest BCUT2D eigenvalue weighted by Gasteiger charge is -2.09. The third-order valence-electron chi connectivity index (χ3n) is 3.19. The number of H-pyrrole nitrogens is 1. The highest BCUT2D eigenvalue weighted by Crippen LogP contribution is 2.20. The van der Waals surface area contributed by atoms with E-state index in [9.17, 15) is 9.18 Å². The SMILES string of the molecule is Cc1ccc(F)c(Nc2nc(-c3ccccc3)cc(=O)[nH]2)c1. The van der Waals surface area contributed by atoms with Gasteiger partial charge in [0.15, 0.2) is 0 Å². The van der Waals surface area contributed by atoms with Crippen molar-refractivity contribution in [2.45, 2.75) is 6.92 Å². The summed E-state index contributed by atoms with van der Waals surface area (Å²) in [6.07, 6.45) is 0. The zero-order chi connectivity index (χ0) is 15.5. The molecule has 4 nitrogen and oxygen atoms in total. The summed E-state index contributed by atoms with van der Waals surface area (Å²) in [5.41, 5.74) is 2.23. The Morgan fingerprint density at radius 1 is 1.09 bits per heavy atom. The molecular formula is C17H14FN3O. The fourth-order valence-electron chi connectivity index (χ4n) is 2.14. The van der Waals surface area contributed by atoms with Crippen molar-refractivity contribution in [3.8, 4) is 11.3 Å². The summed E-state index contributed by atoms with van der Waals surface area (Å²) in [5, 5.41) is 2.82. The monoisotopic (exact) mass is 295 g/mol. The minimum Gasteiger partial charge on any atom is -0.323 e. The normalized spacial score (nSPS) is 10.5. The van der Waals surface area contributed by atoms with Crippen LogP contribution in [0.15, 0.2) is 59.4 Å². The van der Waals surface area contributed by atoms with Crippen LogP contribution in [0.25, 0.3) is 11.3 Å². The van der Waals surface area contributed by atoms with Crippen LogP contribution < -0.4 is 10.9 Å². The molecule has 1 heterocycles. The molecule has 0 atom stereocenters. The van der Waals surface area contributed by atoms with Crippen LogP contribution in [-0.4, -0.2) is 9.97 Å². The van der Waals surface area contributed by atoms with Crippen molar-refractivity contribution >= 4 is 11.6 Å². The number of hydrogen-bond acceptors (Lipinski definition) is 3. The number of halogens is 1. The van der Waals surface area contributed by atoms with E-state index in [4.69, 9.17) is 0 Å². The number of aryl methyl sites for hydroxylation is 1. The highest BCUT2D eigenvalue weighted by molar-refractivity contribution is 5.62. The molecule has 2 aromatic carbocycles. The lowest BCUT2D eigenvalue weighted by atomic mass is 10.1. The Balaban J connectivity index is 2.00. The van der Waals surface area contributed by atoms with Crippen LogP contribution in [0.1, 0.15) is 5.56 Å². The first-order chi connectivity index (χ1) is 10.6. The van der Waals surface area contributed by atoms with Gasteiger partial charge in [-0.15, -0.1) is 0 Å². The molecule has 22 heavy (non-hydrogen) atoms. The average molecular weight is 295 g/mol. The Morgan fingerprint density at radius 3 is 2.64 bits per heavy atom. The van der Waals surface area contributed by atoms with Gasteiger partial charge in [0.05, 0.1) is 11.4 Å². The van der Waals surface area contributed by atoms with E-state index >= 15 is 0 Å². The molecule has 1 aromatic heterocycles. The summed E-state index contributed by atoms with van der Waals surface area (Å²) in [6.45, 7) is 1.86. The molecule has 0 spiro atoms. The molecule has 3 aromatic rings. The Kier molecular flexibility index (Phi) is 3.70. The van der Waals surface area contributed by atoms with Gasteiger partial charge in [0, 0.05) is 11.6 Å². The average Bonchev–Trinajstić information content (AvgIpc) is 2.51. The van der Waals surface area contributed by atoms with Gasteiger partial charge in [-0.3, -0.25) is 9.78 Å². The highest BCUT2D eigenvalue weighted by Gasteiger charge is 2.07. The Hall–Kier alpha value is -2.95. The molecule has 0 unspecified atom stereocenters. The Morgan fingerprint density at radius 2 is 1.86 bits per heavy atom. The van der Waals surface area contributed by atoms with E-state index < -0.39 is 5.82 Å². The molecule has 0 saturated carbocycles. The van der Waals surface area contributed by atoms with Crippen molar-refractivity contribution < 1.29 is 4.39 Å². The van der Waals surface area contributed by atoms with Crippen LogP contribution in [0.2, 0.25) is 0 Å². The van der Waals surface area contributed by atoms with Crippen LogP contribution in [0, 0.1) is 12.7 Å². The predicted molar refractivity (Wildman–Crippen MR) is 84.7 cm³/mol. The first kappa shape index (κ1) is 14.0. The number of aromatic nitrogens is 2. The van der Waals surface area contributed by atoms with Crippen molar-refractivity contribution in [1.82, 2.24) is 9.97 Å². The summed E-state index contributed by atoms with van der Waals surface area (Å²) >= 11 is 0. The fraction of sp³-hybridized carbons (Fsp3) is 0.0588. The first-order valence-electron chi connectivity index (χ1n) is 6.82. The highest BCUT2D eigenvalue weighted by atomic mass is 19.1. The molecule has 3 rings (SSSR count). The van der Waals surface area contributed by atoms with Crippen LogP contribution in [-0.2, 0) is 0 Å². The maximum absolute atomic E-state index is 13.8. The second kappa shape index (κ2) is 5.81. The molecule has 0 bridgehead atoms. The molecule has 0 amide bonds. The van der Waals surface area contributed by atoms with E-state index in [1.54, 1.807) is 12.1 Å². The molecular weight excluding hydrogens is 281 g/mol. The van der Waals surface area contributed by atoms with Crippen molar-refractivity contribution in [1.29, 1.82) is 0 Å². The van der Waals surface area contributed by atoms with Crippen LogP contribution in [0.4, 0.5) is 16.0 Å². The minimum absolute atomic E-state index is 0.204. The topological polar surface area (TPSA) is 57.8 Å². The molecule has 2 N–H and O–H groups in total. The van der Waals surface area contributed by atoms with E-state index in [0.717, 1.165) is 11.1 Å². The van der Waals surface area contributed by atoms with Crippen molar-refractivity contribution in [2.24, 2.45) is 0 Å². The van der Waals surface area contributed by atoms with Crippen LogP contribution >= 0.6 is 0 Å². The van der Waals surface area contributed by atoms with Gasteiger partial charge < -0.3 is 5.32 Å².